The fourth-order valence-electron chi connectivity index (χ4n) is 3.40. The van der Waals surface area contributed by atoms with Gasteiger partial charge in [-0.15, -0.1) is 0 Å². The van der Waals surface area contributed by atoms with Crippen molar-refractivity contribution in [1.29, 1.82) is 0 Å². The van der Waals surface area contributed by atoms with Gasteiger partial charge in [-0.1, -0.05) is 36.8 Å². The van der Waals surface area contributed by atoms with Crippen molar-refractivity contribution >= 4 is 44.4 Å². The third-order valence-corrected chi connectivity index (χ3v) is 5.97. The van der Waals surface area contributed by atoms with Crippen molar-refractivity contribution in [2.24, 2.45) is 0 Å². The first-order valence-corrected chi connectivity index (χ1v) is 11.2. The molecule has 1 aliphatic heterocycles. The lowest BCUT2D eigenvalue weighted by Crippen LogP contribution is -2.31. The highest BCUT2D eigenvalue weighted by molar-refractivity contribution is 7.22. The topological polar surface area (TPSA) is 88.6 Å². The lowest BCUT2D eigenvalue weighted by atomic mass is 10.1. The molecule has 0 fully saturated rings. The molecule has 0 saturated heterocycles. The predicted octanol–water partition coefficient (Wildman–Crippen LogP) is 4.49. The number of hydrogen-bond donors (Lipinski definition) is 1. The molecule has 1 aliphatic rings. The standard InChI is InChI=1S/C23H23N3O4S/c1-2-3-13-30-15-10-11-18-19(14-15)31-23(24-18)25-20(27)9-6-12-26-21(28)16-7-4-5-8-17(16)22(26)29/h4-5,7-8,10-11,14H,2-3,6,9,12-13H2,1H3,(H,24,25,27). The van der Waals surface area contributed by atoms with E-state index < -0.39 is 0 Å². The first-order valence-electron chi connectivity index (χ1n) is 10.4. The number of carbonyl (C=O) groups is 3. The SMILES string of the molecule is CCCCOc1ccc2nc(NC(=O)CCCN3C(=O)c4ccccc4C3=O)sc2c1. The van der Waals surface area contributed by atoms with Crippen LogP contribution in [0.5, 0.6) is 5.75 Å². The number of thiazole rings is 1. The molecule has 7 nitrogen and oxygen atoms in total. The number of nitrogens with one attached hydrogen (secondary N) is 1. The number of aromatic nitrogens is 1. The Morgan fingerprint density at radius 1 is 1.10 bits per heavy atom. The van der Waals surface area contributed by atoms with Gasteiger partial charge in [-0.3, -0.25) is 19.3 Å². The molecule has 3 amide bonds. The smallest absolute Gasteiger partial charge is 0.261 e. The zero-order valence-corrected chi connectivity index (χ0v) is 18.0. The molecule has 0 radical (unpaired) electrons. The molecular formula is C23H23N3O4S. The second-order valence-corrected chi connectivity index (χ2v) is 8.34. The number of anilines is 1. The summed E-state index contributed by atoms with van der Waals surface area (Å²) in [5.41, 5.74) is 1.64. The molecular weight excluding hydrogens is 414 g/mol. The molecule has 0 aliphatic carbocycles. The summed E-state index contributed by atoms with van der Waals surface area (Å²) in [5.74, 6) is -0.00760. The highest BCUT2D eigenvalue weighted by Crippen LogP contribution is 2.29. The van der Waals surface area contributed by atoms with Crippen LogP contribution in [0.25, 0.3) is 10.2 Å². The third-order valence-electron chi connectivity index (χ3n) is 5.04. The summed E-state index contributed by atoms with van der Waals surface area (Å²) in [5, 5.41) is 3.33. The maximum atomic E-state index is 12.4. The van der Waals surface area contributed by atoms with Crippen LogP contribution in [-0.4, -0.2) is 40.8 Å². The minimum Gasteiger partial charge on any atom is -0.494 e. The number of nitrogens with zero attached hydrogens (tertiary/aromatic N) is 2. The number of hydrogen-bond acceptors (Lipinski definition) is 6. The number of imide groups is 1. The maximum absolute atomic E-state index is 12.4. The molecule has 0 saturated carbocycles. The van der Waals surface area contributed by atoms with E-state index in [0.717, 1.165) is 28.8 Å². The van der Waals surface area contributed by atoms with Crippen LogP contribution >= 0.6 is 11.3 Å². The van der Waals surface area contributed by atoms with E-state index in [1.54, 1.807) is 24.3 Å². The molecule has 1 aromatic heterocycles. The van der Waals surface area contributed by atoms with Gasteiger partial charge in [-0.25, -0.2) is 4.98 Å². The van der Waals surface area contributed by atoms with Gasteiger partial charge < -0.3 is 10.1 Å². The van der Waals surface area contributed by atoms with Crippen molar-refractivity contribution in [3.63, 3.8) is 0 Å². The summed E-state index contributed by atoms with van der Waals surface area (Å²) < 4.78 is 6.66. The van der Waals surface area contributed by atoms with Gasteiger partial charge >= 0.3 is 0 Å². The van der Waals surface area contributed by atoms with Gasteiger partial charge in [0.05, 0.1) is 28.0 Å². The number of rotatable bonds is 9. The van der Waals surface area contributed by atoms with Gasteiger partial charge in [-0.05, 0) is 43.2 Å². The van der Waals surface area contributed by atoms with Crippen molar-refractivity contribution in [3.05, 3.63) is 53.6 Å². The third kappa shape index (κ3) is 4.59. The molecule has 3 aromatic rings. The van der Waals surface area contributed by atoms with Crippen LogP contribution < -0.4 is 10.1 Å². The first kappa shape index (κ1) is 21.0. The molecule has 1 N–H and O–H groups in total. The zero-order valence-electron chi connectivity index (χ0n) is 17.2. The van der Waals surface area contributed by atoms with E-state index in [9.17, 15) is 14.4 Å². The van der Waals surface area contributed by atoms with Gasteiger partial charge in [0.1, 0.15) is 5.75 Å². The monoisotopic (exact) mass is 437 g/mol. The van der Waals surface area contributed by atoms with E-state index in [2.05, 4.69) is 17.2 Å². The van der Waals surface area contributed by atoms with Crippen molar-refractivity contribution in [2.45, 2.75) is 32.6 Å². The van der Waals surface area contributed by atoms with Crippen LogP contribution in [0.4, 0.5) is 5.13 Å². The quantitative estimate of drug-likeness (QED) is 0.394. The van der Waals surface area contributed by atoms with Gasteiger partial charge in [0, 0.05) is 13.0 Å². The van der Waals surface area contributed by atoms with Crippen molar-refractivity contribution in [2.75, 3.05) is 18.5 Å². The number of benzene rings is 2. The average molecular weight is 438 g/mol. The number of ether oxygens (including phenoxy) is 1. The highest BCUT2D eigenvalue weighted by Gasteiger charge is 2.34. The van der Waals surface area contributed by atoms with E-state index in [4.69, 9.17) is 4.74 Å². The molecule has 8 heteroatoms. The van der Waals surface area contributed by atoms with Crippen molar-refractivity contribution in [1.82, 2.24) is 9.88 Å². The minimum atomic E-state index is -0.302. The van der Waals surface area contributed by atoms with Crippen LogP contribution in [0, 0.1) is 0 Å². The van der Waals surface area contributed by atoms with Gasteiger partial charge in [0.2, 0.25) is 5.91 Å². The number of unbranched alkanes of at least 4 members (excludes halogenated alkanes) is 1. The molecule has 0 unspecified atom stereocenters. The summed E-state index contributed by atoms with van der Waals surface area (Å²) in [7, 11) is 0. The Hall–Kier alpha value is -3.26. The van der Waals surface area contributed by atoms with E-state index in [0.29, 0.717) is 29.3 Å². The molecule has 160 valence electrons. The molecule has 2 aromatic carbocycles. The summed E-state index contributed by atoms with van der Waals surface area (Å²) in [6.07, 6.45) is 2.65. The lowest BCUT2D eigenvalue weighted by Gasteiger charge is -2.13. The molecule has 31 heavy (non-hydrogen) atoms. The van der Waals surface area contributed by atoms with Gasteiger partial charge in [0.25, 0.3) is 11.8 Å². The van der Waals surface area contributed by atoms with Crippen molar-refractivity contribution < 1.29 is 19.1 Å². The van der Waals surface area contributed by atoms with Crippen LogP contribution in [0.3, 0.4) is 0 Å². The first-order chi connectivity index (χ1) is 15.1. The van der Waals surface area contributed by atoms with Crippen LogP contribution in [0.15, 0.2) is 42.5 Å². The molecule has 0 atom stereocenters. The normalized spacial score (nSPS) is 13.0. The fraction of sp³-hybridized carbons (Fsp3) is 0.304. The van der Waals surface area contributed by atoms with Crippen LogP contribution in [-0.2, 0) is 4.79 Å². The second-order valence-electron chi connectivity index (χ2n) is 7.31. The predicted molar refractivity (Wildman–Crippen MR) is 120 cm³/mol. The molecule has 0 bridgehead atoms. The molecule has 4 rings (SSSR count). The van der Waals surface area contributed by atoms with Crippen LogP contribution in [0.2, 0.25) is 0 Å². The van der Waals surface area contributed by atoms with Crippen LogP contribution in [0.1, 0.15) is 53.3 Å². The Kier molecular flexibility index (Phi) is 6.27. The van der Waals surface area contributed by atoms with E-state index in [-0.39, 0.29) is 30.7 Å². The summed E-state index contributed by atoms with van der Waals surface area (Å²) in [6, 6.07) is 12.5. The van der Waals surface area contributed by atoms with Crippen molar-refractivity contribution in [3.8, 4) is 5.75 Å². The zero-order chi connectivity index (χ0) is 21.8. The van der Waals surface area contributed by atoms with Gasteiger partial charge in [-0.2, -0.15) is 0 Å². The maximum Gasteiger partial charge on any atom is 0.261 e. The summed E-state index contributed by atoms with van der Waals surface area (Å²) in [4.78, 5) is 42.7. The number of amides is 3. The second kappa shape index (κ2) is 9.26. The van der Waals surface area contributed by atoms with E-state index >= 15 is 0 Å². The lowest BCUT2D eigenvalue weighted by molar-refractivity contribution is -0.116. The fourth-order valence-corrected chi connectivity index (χ4v) is 4.31. The van der Waals surface area contributed by atoms with E-state index in [1.807, 2.05) is 18.2 Å². The largest absolute Gasteiger partial charge is 0.494 e. The summed E-state index contributed by atoms with van der Waals surface area (Å²) >= 11 is 1.39. The minimum absolute atomic E-state index is 0.189. The number of carbonyl (C=O) groups excluding carboxylic acids is 3. The Balaban J connectivity index is 1.29. The van der Waals surface area contributed by atoms with E-state index in [1.165, 1.54) is 16.2 Å². The molecule has 2 heterocycles. The Labute approximate surface area is 184 Å². The molecule has 0 spiro atoms. The average Bonchev–Trinajstić information content (AvgIpc) is 3.27. The number of fused-ring (bicyclic) bond motifs is 2. The summed E-state index contributed by atoms with van der Waals surface area (Å²) in [6.45, 7) is 3.00. The Morgan fingerprint density at radius 3 is 2.55 bits per heavy atom. The Morgan fingerprint density at radius 2 is 1.84 bits per heavy atom. The Bertz CT molecular complexity index is 1110. The van der Waals surface area contributed by atoms with Gasteiger partial charge in [0.15, 0.2) is 5.13 Å². The highest BCUT2D eigenvalue weighted by atomic mass is 32.1.